The van der Waals surface area contributed by atoms with E-state index in [1.54, 1.807) is 0 Å². The minimum absolute atomic E-state index is 0.0174. The molecule has 7 heteroatoms. The smallest absolute Gasteiger partial charge is 0.337 e. The van der Waals surface area contributed by atoms with Crippen LogP contribution >= 0.6 is 0 Å². The van der Waals surface area contributed by atoms with E-state index in [-0.39, 0.29) is 17.3 Å². The third-order valence-corrected chi connectivity index (χ3v) is 7.02. The van der Waals surface area contributed by atoms with E-state index in [0.717, 1.165) is 43.7 Å². The van der Waals surface area contributed by atoms with Crippen LogP contribution in [0.3, 0.4) is 0 Å². The maximum absolute atomic E-state index is 12.7. The highest BCUT2D eigenvalue weighted by Gasteiger charge is 2.32. The van der Waals surface area contributed by atoms with Crippen molar-refractivity contribution in [2.75, 3.05) is 0 Å². The molecule has 7 nitrogen and oxygen atoms in total. The molecule has 2 heterocycles. The van der Waals surface area contributed by atoms with E-state index in [1.807, 2.05) is 0 Å². The number of fused-ring (bicyclic) bond motifs is 2. The third-order valence-electron chi connectivity index (χ3n) is 7.02. The lowest BCUT2D eigenvalue weighted by Gasteiger charge is -2.35. The van der Waals surface area contributed by atoms with Crippen molar-refractivity contribution in [3.8, 4) is 6.01 Å². The third kappa shape index (κ3) is 4.20. The number of rotatable bonds is 6. The van der Waals surface area contributed by atoms with Crippen LogP contribution in [0.25, 0.3) is 11.1 Å². The van der Waals surface area contributed by atoms with Crippen molar-refractivity contribution in [1.29, 1.82) is 0 Å². The van der Waals surface area contributed by atoms with Crippen LogP contribution < -0.4 is 16.0 Å². The second-order valence-corrected chi connectivity index (χ2v) is 9.19. The Labute approximate surface area is 174 Å². The number of aryl methyl sites for hydroxylation is 1. The fourth-order valence-corrected chi connectivity index (χ4v) is 5.29. The molecule has 3 fully saturated rings. The van der Waals surface area contributed by atoms with Crippen LogP contribution in [0.5, 0.6) is 6.01 Å². The van der Waals surface area contributed by atoms with Crippen molar-refractivity contribution >= 4 is 16.8 Å². The van der Waals surface area contributed by atoms with Gasteiger partial charge in [0.2, 0.25) is 5.71 Å². The van der Waals surface area contributed by atoms with E-state index in [0.29, 0.717) is 29.2 Å². The van der Waals surface area contributed by atoms with Crippen LogP contribution in [0, 0.1) is 17.8 Å². The van der Waals surface area contributed by atoms with Gasteiger partial charge in [0.1, 0.15) is 5.39 Å². The van der Waals surface area contributed by atoms with E-state index in [4.69, 9.17) is 9.25 Å². The standard InChI is InChI=1S/C23H29N3O4/c27-19-13-16(8-3-5-14-11-12-14)20-21(28)24-23(25-22(20)29-19)30-26-18-10-4-7-15-6-1-2-9-17(15)18/h13-15,17H,1-12H2,(H,24,25,28). The zero-order valence-electron chi connectivity index (χ0n) is 17.3. The molecule has 1 N–H and O–H groups in total. The van der Waals surface area contributed by atoms with Crippen LogP contribution in [0.15, 0.2) is 25.2 Å². The van der Waals surface area contributed by atoms with Crippen LogP contribution in [0.4, 0.5) is 0 Å². The van der Waals surface area contributed by atoms with Gasteiger partial charge in [0, 0.05) is 12.0 Å². The van der Waals surface area contributed by atoms with Gasteiger partial charge >= 0.3 is 11.6 Å². The van der Waals surface area contributed by atoms with Crippen molar-refractivity contribution in [3.05, 3.63) is 32.4 Å². The highest BCUT2D eigenvalue weighted by atomic mass is 16.6. The molecule has 0 saturated heterocycles. The van der Waals surface area contributed by atoms with Gasteiger partial charge < -0.3 is 9.25 Å². The lowest BCUT2D eigenvalue weighted by molar-refractivity contribution is 0.244. The Morgan fingerprint density at radius 1 is 1.13 bits per heavy atom. The summed E-state index contributed by atoms with van der Waals surface area (Å²) in [4.78, 5) is 37.2. The van der Waals surface area contributed by atoms with Crippen LogP contribution in [0.2, 0.25) is 0 Å². The Kier molecular flexibility index (Phi) is 5.44. The maximum Gasteiger partial charge on any atom is 0.337 e. The second kappa shape index (κ2) is 8.36. The SMILES string of the molecule is O=c1cc(CCCC2CC2)c2c(=O)[nH]c(ON=C3CCCC4CCCCC34)nc2o1. The number of aromatic amines is 1. The summed E-state index contributed by atoms with van der Waals surface area (Å²) in [7, 11) is 0. The summed E-state index contributed by atoms with van der Waals surface area (Å²) in [5.74, 6) is 2.00. The molecule has 3 aliphatic rings. The molecule has 0 radical (unpaired) electrons. The maximum atomic E-state index is 12.7. The zero-order valence-corrected chi connectivity index (χ0v) is 17.3. The summed E-state index contributed by atoms with van der Waals surface area (Å²) < 4.78 is 5.23. The lowest BCUT2D eigenvalue weighted by Crippen LogP contribution is -2.31. The van der Waals surface area contributed by atoms with Gasteiger partial charge in [-0.1, -0.05) is 37.3 Å². The second-order valence-electron chi connectivity index (χ2n) is 9.19. The summed E-state index contributed by atoms with van der Waals surface area (Å²) >= 11 is 0. The molecular formula is C23H29N3O4. The van der Waals surface area contributed by atoms with Gasteiger partial charge in [0.25, 0.3) is 5.56 Å². The summed E-state index contributed by atoms with van der Waals surface area (Å²) in [6.45, 7) is 0. The highest BCUT2D eigenvalue weighted by Crippen LogP contribution is 2.39. The summed E-state index contributed by atoms with van der Waals surface area (Å²) in [6.07, 6.45) is 13.6. The first-order chi connectivity index (χ1) is 14.7. The Bertz CT molecular complexity index is 1060. The Hall–Kier alpha value is -2.44. The average Bonchev–Trinajstić information content (AvgIpc) is 3.56. The van der Waals surface area contributed by atoms with Gasteiger partial charge in [-0.3, -0.25) is 9.78 Å². The number of hydrogen-bond donors (Lipinski definition) is 1. The number of hydrogen-bond acceptors (Lipinski definition) is 6. The number of nitrogens with zero attached hydrogens (tertiary/aromatic N) is 2. The normalized spacial score (nSPS) is 25.4. The van der Waals surface area contributed by atoms with Gasteiger partial charge in [0.15, 0.2) is 0 Å². The van der Waals surface area contributed by atoms with Gasteiger partial charge in [-0.25, -0.2) is 4.79 Å². The molecule has 0 aromatic carbocycles. The monoisotopic (exact) mass is 411 g/mol. The first-order valence-electron chi connectivity index (χ1n) is 11.5. The van der Waals surface area contributed by atoms with Crippen molar-refractivity contribution in [1.82, 2.24) is 9.97 Å². The molecule has 0 aliphatic heterocycles. The van der Waals surface area contributed by atoms with Crippen molar-refractivity contribution in [2.45, 2.75) is 77.0 Å². The molecule has 30 heavy (non-hydrogen) atoms. The number of oxime groups is 1. The topological polar surface area (TPSA) is 97.5 Å². The van der Waals surface area contributed by atoms with E-state index in [2.05, 4.69) is 15.1 Å². The van der Waals surface area contributed by atoms with Crippen LogP contribution in [0.1, 0.15) is 76.2 Å². The number of H-pyrrole nitrogens is 1. The fourth-order valence-electron chi connectivity index (χ4n) is 5.29. The zero-order chi connectivity index (χ0) is 20.5. The molecule has 2 aromatic heterocycles. The molecule has 3 aliphatic carbocycles. The minimum atomic E-state index is -0.489. The molecule has 160 valence electrons. The average molecular weight is 412 g/mol. The molecule has 5 rings (SSSR count). The quantitative estimate of drug-likeness (QED) is 0.713. The van der Waals surface area contributed by atoms with Crippen molar-refractivity contribution in [3.63, 3.8) is 0 Å². The largest absolute Gasteiger partial charge is 0.403 e. The minimum Gasteiger partial charge on any atom is -0.403 e. The van der Waals surface area contributed by atoms with E-state index in [1.165, 1.54) is 44.6 Å². The fraction of sp³-hybridized carbons (Fsp3) is 0.652. The molecule has 0 amide bonds. The molecule has 2 atom stereocenters. The predicted molar refractivity (Wildman–Crippen MR) is 114 cm³/mol. The molecule has 2 unspecified atom stereocenters. The van der Waals surface area contributed by atoms with Crippen LogP contribution in [-0.4, -0.2) is 15.7 Å². The molecule has 0 spiro atoms. The molecule has 3 saturated carbocycles. The molecule has 0 bridgehead atoms. The summed E-state index contributed by atoms with van der Waals surface area (Å²) in [5.41, 5.74) is 0.966. The van der Waals surface area contributed by atoms with Crippen LogP contribution in [-0.2, 0) is 6.42 Å². The van der Waals surface area contributed by atoms with Crippen molar-refractivity contribution in [2.24, 2.45) is 22.9 Å². The lowest BCUT2D eigenvalue weighted by atomic mass is 9.70. The van der Waals surface area contributed by atoms with Crippen molar-refractivity contribution < 1.29 is 9.25 Å². The summed E-state index contributed by atoms with van der Waals surface area (Å²) in [5, 5.41) is 4.71. The molecule has 2 aromatic rings. The van der Waals surface area contributed by atoms with E-state index < -0.39 is 5.63 Å². The van der Waals surface area contributed by atoms with E-state index >= 15 is 0 Å². The van der Waals surface area contributed by atoms with Gasteiger partial charge in [-0.15, -0.1) is 0 Å². The molecular weight excluding hydrogens is 382 g/mol. The highest BCUT2D eigenvalue weighted by molar-refractivity contribution is 5.87. The first kappa shape index (κ1) is 19.5. The predicted octanol–water partition coefficient (Wildman–Crippen LogP) is 4.33. The Morgan fingerprint density at radius 3 is 2.83 bits per heavy atom. The van der Waals surface area contributed by atoms with Gasteiger partial charge in [0.05, 0.1) is 5.71 Å². The number of aromatic nitrogens is 2. The number of nitrogens with one attached hydrogen (secondary N) is 1. The first-order valence-corrected chi connectivity index (χ1v) is 11.5. The van der Waals surface area contributed by atoms with Gasteiger partial charge in [-0.2, -0.15) is 4.98 Å². The van der Waals surface area contributed by atoms with E-state index in [9.17, 15) is 9.59 Å². The van der Waals surface area contributed by atoms with Gasteiger partial charge in [-0.05, 0) is 62.3 Å². The summed E-state index contributed by atoms with van der Waals surface area (Å²) in [6, 6.07) is 1.40. The Balaban J connectivity index is 1.38. The Morgan fingerprint density at radius 2 is 1.97 bits per heavy atom.